The Morgan fingerprint density at radius 1 is 1.12 bits per heavy atom. The molecule has 4 atom stereocenters. The van der Waals surface area contributed by atoms with E-state index < -0.39 is 0 Å². The minimum atomic E-state index is -0.365. The zero-order valence-corrected chi connectivity index (χ0v) is 18.6. The van der Waals surface area contributed by atoms with Crippen LogP contribution in [0.25, 0.3) is 11.0 Å². The van der Waals surface area contributed by atoms with Crippen LogP contribution in [0.5, 0.6) is 5.75 Å². The first kappa shape index (κ1) is 20.8. The van der Waals surface area contributed by atoms with Crippen molar-refractivity contribution in [3.8, 4) is 5.75 Å². The van der Waals surface area contributed by atoms with E-state index in [2.05, 4.69) is 12.2 Å². The van der Waals surface area contributed by atoms with Crippen molar-refractivity contribution in [3.05, 3.63) is 75.6 Å². The molecule has 1 N–H and O–H groups in total. The fraction of sp³-hybridized carbons (Fsp3) is 0.407. The fourth-order valence-corrected chi connectivity index (χ4v) is 5.62. The van der Waals surface area contributed by atoms with Crippen LogP contribution in [0.4, 0.5) is 0 Å². The quantitative estimate of drug-likeness (QED) is 0.542. The highest BCUT2D eigenvalue weighted by Gasteiger charge is 2.42. The van der Waals surface area contributed by atoms with Crippen molar-refractivity contribution in [2.24, 2.45) is 17.8 Å². The Morgan fingerprint density at radius 3 is 2.66 bits per heavy atom. The molecule has 2 fully saturated rings. The predicted molar refractivity (Wildman–Crippen MR) is 124 cm³/mol. The number of hydrogen-bond donors (Lipinski definition) is 1. The van der Waals surface area contributed by atoms with Crippen LogP contribution in [0, 0.1) is 24.7 Å². The van der Waals surface area contributed by atoms with Crippen molar-refractivity contribution in [1.29, 1.82) is 0 Å². The zero-order chi connectivity index (χ0) is 22.2. The topological polar surface area (TPSA) is 68.5 Å². The molecule has 0 spiro atoms. The van der Waals surface area contributed by atoms with Crippen molar-refractivity contribution in [2.45, 2.75) is 52.2 Å². The minimum absolute atomic E-state index is 0.00679. The zero-order valence-electron chi connectivity index (χ0n) is 18.6. The van der Waals surface area contributed by atoms with Gasteiger partial charge in [0.2, 0.25) is 0 Å². The summed E-state index contributed by atoms with van der Waals surface area (Å²) in [6.45, 7) is 4.40. The Bertz CT molecular complexity index is 1200. The highest BCUT2D eigenvalue weighted by molar-refractivity contribution is 5.94. The predicted octanol–water partition coefficient (Wildman–Crippen LogP) is 5.23. The van der Waals surface area contributed by atoms with E-state index in [1.54, 1.807) is 6.07 Å². The minimum Gasteiger partial charge on any atom is -0.489 e. The summed E-state index contributed by atoms with van der Waals surface area (Å²) in [5, 5.41) is 4.12. The van der Waals surface area contributed by atoms with Crippen LogP contribution in [-0.4, -0.2) is 11.9 Å². The lowest BCUT2D eigenvalue weighted by Crippen LogP contribution is -2.40. The molecule has 2 aliphatic carbocycles. The third-order valence-electron chi connectivity index (χ3n) is 7.34. The molecule has 0 saturated heterocycles. The van der Waals surface area contributed by atoms with Gasteiger partial charge in [-0.2, -0.15) is 0 Å². The second-order valence-electron chi connectivity index (χ2n) is 9.49. The monoisotopic (exact) mass is 431 g/mol. The molecule has 0 unspecified atom stereocenters. The molecule has 2 saturated carbocycles. The Morgan fingerprint density at radius 2 is 1.94 bits per heavy atom. The molecule has 5 rings (SSSR count). The number of carbonyl (C=O) groups excluding carboxylic acids is 1. The van der Waals surface area contributed by atoms with Crippen LogP contribution in [-0.2, 0) is 6.61 Å². The smallest absolute Gasteiger partial charge is 0.336 e. The van der Waals surface area contributed by atoms with Gasteiger partial charge < -0.3 is 14.5 Å². The molecular weight excluding hydrogens is 402 g/mol. The normalized spacial score (nSPS) is 22.8. The summed E-state index contributed by atoms with van der Waals surface area (Å²) in [5.41, 5.74) is 2.67. The van der Waals surface area contributed by atoms with Gasteiger partial charge in [0.05, 0.1) is 0 Å². The molecule has 0 aliphatic heterocycles. The molecule has 2 aliphatic rings. The molecule has 5 heteroatoms. The number of fused-ring (bicyclic) bond motifs is 3. The highest BCUT2D eigenvalue weighted by atomic mass is 16.5. The number of rotatable bonds is 6. The molecule has 1 heterocycles. The van der Waals surface area contributed by atoms with E-state index in [0.717, 1.165) is 28.3 Å². The van der Waals surface area contributed by atoms with E-state index in [1.165, 1.54) is 31.7 Å². The van der Waals surface area contributed by atoms with Crippen LogP contribution < -0.4 is 15.7 Å². The number of carbonyl (C=O) groups is 1. The van der Waals surface area contributed by atoms with Gasteiger partial charge in [-0.25, -0.2) is 4.79 Å². The van der Waals surface area contributed by atoms with E-state index in [4.69, 9.17) is 9.15 Å². The van der Waals surface area contributed by atoms with Gasteiger partial charge in [-0.05, 0) is 86.3 Å². The Balaban J connectivity index is 1.19. The van der Waals surface area contributed by atoms with Crippen LogP contribution in [0.1, 0.15) is 54.1 Å². The molecule has 2 bridgehead atoms. The lowest BCUT2D eigenvalue weighted by atomic mass is 9.84. The summed E-state index contributed by atoms with van der Waals surface area (Å²) in [6, 6.07) is 14.8. The molecule has 3 aromatic rings. The van der Waals surface area contributed by atoms with Crippen LogP contribution in [0.15, 0.2) is 57.7 Å². The maximum absolute atomic E-state index is 12.7. The molecule has 2 aromatic carbocycles. The van der Waals surface area contributed by atoms with Crippen LogP contribution >= 0.6 is 0 Å². The SMILES string of the molecule is Cc1cc(=O)oc2cc(OCc3ccc(C(=O)N[C@H](C)[C@H]4C[C@H]5CC[C@H]4C5)cc3)ccc12. The van der Waals surface area contributed by atoms with E-state index in [9.17, 15) is 9.59 Å². The average molecular weight is 432 g/mol. The maximum atomic E-state index is 12.7. The first-order valence-electron chi connectivity index (χ1n) is 11.5. The largest absolute Gasteiger partial charge is 0.489 e. The van der Waals surface area contributed by atoms with Crippen LogP contribution in [0.2, 0.25) is 0 Å². The summed E-state index contributed by atoms with van der Waals surface area (Å²) in [4.78, 5) is 24.3. The van der Waals surface area contributed by atoms with Gasteiger partial charge in [0.15, 0.2) is 0 Å². The third kappa shape index (κ3) is 4.16. The van der Waals surface area contributed by atoms with Gasteiger partial charge in [0, 0.05) is 29.1 Å². The average Bonchev–Trinajstić information content (AvgIpc) is 3.41. The van der Waals surface area contributed by atoms with E-state index in [1.807, 2.05) is 43.3 Å². The van der Waals surface area contributed by atoms with Crippen molar-refractivity contribution in [3.63, 3.8) is 0 Å². The van der Waals surface area contributed by atoms with Gasteiger partial charge in [-0.1, -0.05) is 18.6 Å². The molecule has 1 amide bonds. The molecular formula is C27H29NO4. The molecule has 32 heavy (non-hydrogen) atoms. The van der Waals surface area contributed by atoms with Gasteiger partial charge in [0.1, 0.15) is 17.9 Å². The summed E-state index contributed by atoms with van der Waals surface area (Å²) in [6.07, 6.45) is 5.31. The van der Waals surface area contributed by atoms with Crippen molar-refractivity contribution >= 4 is 16.9 Å². The lowest BCUT2D eigenvalue weighted by Gasteiger charge is -2.28. The number of benzene rings is 2. The first-order chi connectivity index (χ1) is 15.5. The van der Waals surface area contributed by atoms with E-state index >= 15 is 0 Å². The van der Waals surface area contributed by atoms with Crippen molar-refractivity contribution in [2.75, 3.05) is 0 Å². The third-order valence-corrected chi connectivity index (χ3v) is 7.34. The standard InChI is InChI=1S/C27H29NO4/c1-16-11-26(29)32-25-14-22(9-10-23(16)25)31-15-18-3-6-20(7-4-18)27(30)28-17(2)24-13-19-5-8-21(24)12-19/h3-4,6-7,9-11,14,17,19,21,24H,5,8,12-13,15H2,1-2H3,(H,28,30)/t17-,19+,21+,24-/m1/s1. The molecule has 166 valence electrons. The van der Waals surface area contributed by atoms with Gasteiger partial charge in [0.25, 0.3) is 5.91 Å². The summed E-state index contributed by atoms with van der Waals surface area (Å²) >= 11 is 0. The van der Waals surface area contributed by atoms with Crippen LogP contribution in [0.3, 0.4) is 0 Å². The number of ether oxygens (including phenoxy) is 1. The van der Waals surface area contributed by atoms with E-state index in [-0.39, 0.29) is 17.6 Å². The van der Waals surface area contributed by atoms with Gasteiger partial charge in [-0.3, -0.25) is 4.79 Å². The highest BCUT2D eigenvalue weighted by Crippen LogP contribution is 2.49. The molecule has 5 nitrogen and oxygen atoms in total. The van der Waals surface area contributed by atoms with Crippen molar-refractivity contribution in [1.82, 2.24) is 5.32 Å². The van der Waals surface area contributed by atoms with Gasteiger partial charge in [-0.15, -0.1) is 0 Å². The van der Waals surface area contributed by atoms with E-state index in [0.29, 0.717) is 29.4 Å². The summed E-state index contributed by atoms with van der Waals surface area (Å²) in [7, 11) is 0. The van der Waals surface area contributed by atoms with Gasteiger partial charge >= 0.3 is 5.63 Å². The Kier molecular flexibility index (Phi) is 5.50. The number of amides is 1. The summed E-state index contributed by atoms with van der Waals surface area (Å²) < 4.78 is 11.2. The first-order valence-corrected chi connectivity index (χ1v) is 11.5. The lowest BCUT2D eigenvalue weighted by molar-refractivity contribution is 0.0915. The number of nitrogens with one attached hydrogen (secondary N) is 1. The molecule has 0 radical (unpaired) electrons. The maximum Gasteiger partial charge on any atom is 0.336 e. The second kappa shape index (κ2) is 8.45. The summed E-state index contributed by atoms with van der Waals surface area (Å²) in [5.74, 6) is 2.93. The molecule has 1 aromatic heterocycles. The Labute approximate surface area is 187 Å². The van der Waals surface area contributed by atoms with Crippen molar-refractivity contribution < 1.29 is 13.9 Å². The fourth-order valence-electron chi connectivity index (χ4n) is 5.62. The second-order valence-corrected chi connectivity index (χ2v) is 9.49. The number of hydrogen-bond acceptors (Lipinski definition) is 4. The number of aryl methyl sites for hydroxylation is 1. The Hall–Kier alpha value is -3.08.